The zero-order chi connectivity index (χ0) is 16.4. The summed E-state index contributed by atoms with van der Waals surface area (Å²) in [4.78, 5) is 27.2. The highest BCUT2D eigenvalue weighted by molar-refractivity contribution is 8.23. The van der Waals surface area contributed by atoms with Crippen molar-refractivity contribution < 1.29 is 14.3 Å². The molecule has 0 spiro atoms. The Labute approximate surface area is 144 Å². The van der Waals surface area contributed by atoms with Crippen LogP contribution in [0.1, 0.15) is 27.6 Å². The number of allylic oxidation sites excluding steroid dienone is 1. The van der Waals surface area contributed by atoms with Crippen LogP contribution in [-0.2, 0) is 4.74 Å². The molecule has 0 bridgehead atoms. The van der Waals surface area contributed by atoms with Gasteiger partial charge in [-0.2, -0.15) is 0 Å². The first-order valence-corrected chi connectivity index (χ1v) is 8.86. The number of thiocarbonyl (C=S) groups is 1. The van der Waals surface area contributed by atoms with E-state index >= 15 is 0 Å². The lowest BCUT2D eigenvalue weighted by molar-refractivity contribution is 0.0702. The average Bonchev–Trinajstić information content (AvgIpc) is 2.60. The van der Waals surface area contributed by atoms with E-state index in [0.29, 0.717) is 41.2 Å². The Kier molecular flexibility index (Phi) is 4.94. The number of carbonyl (C=O) groups is 2. The van der Waals surface area contributed by atoms with Crippen molar-refractivity contribution in [2.45, 2.75) is 6.92 Å². The summed E-state index contributed by atoms with van der Waals surface area (Å²) in [5, 5.41) is 0. The van der Waals surface area contributed by atoms with Crippen molar-refractivity contribution >= 4 is 39.9 Å². The molecule has 0 saturated carbocycles. The number of hydrogen-bond acceptors (Lipinski definition) is 5. The molecule has 1 fully saturated rings. The lowest BCUT2D eigenvalue weighted by atomic mass is 9.85. The van der Waals surface area contributed by atoms with Gasteiger partial charge in [0.2, 0.25) is 0 Å². The highest BCUT2D eigenvalue weighted by atomic mass is 32.2. The van der Waals surface area contributed by atoms with Gasteiger partial charge in [0.05, 0.1) is 13.2 Å². The van der Waals surface area contributed by atoms with Gasteiger partial charge in [-0.05, 0) is 6.92 Å². The molecule has 0 aromatic heterocycles. The molecule has 1 aromatic rings. The zero-order valence-electron chi connectivity index (χ0n) is 12.8. The Morgan fingerprint density at radius 2 is 1.78 bits per heavy atom. The summed E-state index contributed by atoms with van der Waals surface area (Å²) in [6.45, 7) is 4.63. The Morgan fingerprint density at radius 1 is 1.17 bits per heavy atom. The number of rotatable bonds is 2. The highest BCUT2D eigenvalue weighted by Gasteiger charge is 2.29. The second kappa shape index (κ2) is 6.95. The van der Waals surface area contributed by atoms with Gasteiger partial charge >= 0.3 is 0 Å². The van der Waals surface area contributed by atoms with Crippen LogP contribution < -0.4 is 0 Å². The van der Waals surface area contributed by atoms with Crippen LogP contribution in [0.3, 0.4) is 0 Å². The number of morpholine rings is 1. The number of hydrogen-bond donors (Lipinski definition) is 0. The molecule has 1 heterocycles. The molecule has 3 rings (SSSR count). The third kappa shape index (κ3) is 3.24. The second-order valence-corrected chi connectivity index (χ2v) is 7.07. The number of Topliss-reactive ketones (excluding diaryl/α,β-unsaturated/α-hetero) is 2. The summed E-state index contributed by atoms with van der Waals surface area (Å²) < 4.78 is 6.07. The summed E-state index contributed by atoms with van der Waals surface area (Å²) in [6.07, 6.45) is 0. The molecule has 1 saturated heterocycles. The maximum absolute atomic E-state index is 12.7. The third-order valence-corrected chi connectivity index (χ3v) is 5.64. The van der Waals surface area contributed by atoms with Gasteiger partial charge in [-0.25, -0.2) is 0 Å². The number of carbonyl (C=O) groups excluding carboxylic acids is 2. The van der Waals surface area contributed by atoms with Gasteiger partial charge in [0.15, 0.2) is 11.6 Å². The quantitative estimate of drug-likeness (QED) is 0.767. The van der Waals surface area contributed by atoms with Crippen molar-refractivity contribution in [1.82, 2.24) is 4.90 Å². The number of benzene rings is 1. The molecule has 0 unspecified atom stereocenters. The fourth-order valence-corrected chi connectivity index (χ4v) is 4.04. The molecule has 2 aliphatic rings. The Balaban J connectivity index is 1.75. The molecule has 1 aliphatic heterocycles. The molecule has 4 nitrogen and oxygen atoms in total. The number of nitrogens with zero attached hydrogens (tertiary/aromatic N) is 1. The molecular formula is C17H17NO3S2. The molecule has 0 amide bonds. The second-order valence-electron chi connectivity index (χ2n) is 5.46. The molecule has 120 valence electrons. The average molecular weight is 347 g/mol. The molecule has 6 heteroatoms. The van der Waals surface area contributed by atoms with Gasteiger partial charge in [0, 0.05) is 41.1 Å². The van der Waals surface area contributed by atoms with Gasteiger partial charge in [-0.3, -0.25) is 9.59 Å². The predicted octanol–water partition coefficient (Wildman–Crippen LogP) is 2.73. The largest absolute Gasteiger partial charge is 0.378 e. The van der Waals surface area contributed by atoms with E-state index in [1.165, 1.54) is 11.8 Å². The first kappa shape index (κ1) is 16.4. The minimum Gasteiger partial charge on any atom is -0.378 e. The number of ketones is 2. The van der Waals surface area contributed by atoms with E-state index < -0.39 is 0 Å². The van der Waals surface area contributed by atoms with Crippen LogP contribution in [0.4, 0.5) is 0 Å². The molecule has 0 atom stereocenters. The number of ether oxygens (including phenoxy) is 1. The number of thioether (sulfide) groups is 1. The Hall–Kier alpha value is -1.50. The van der Waals surface area contributed by atoms with Crippen LogP contribution in [0.15, 0.2) is 35.4 Å². The van der Waals surface area contributed by atoms with Crippen molar-refractivity contribution in [3.63, 3.8) is 0 Å². The molecule has 0 radical (unpaired) electrons. The summed E-state index contributed by atoms with van der Waals surface area (Å²) in [7, 11) is 0. The SMILES string of the molecule is CC1=C(CSC(=S)N2CCOCC2)C(=O)c2ccccc2C1=O. The van der Waals surface area contributed by atoms with Crippen molar-refractivity contribution in [3.8, 4) is 0 Å². The first-order chi connectivity index (χ1) is 11.1. The fraction of sp³-hybridized carbons (Fsp3) is 0.353. The molecule has 1 aliphatic carbocycles. The van der Waals surface area contributed by atoms with E-state index in [9.17, 15) is 9.59 Å². The van der Waals surface area contributed by atoms with E-state index in [-0.39, 0.29) is 11.6 Å². The zero-order valence-corrected chi connectivity index (χ0v) is 14.5. The summed E-state index contributed by atoms with van der Waals surface area (Å²) in [5.41, 5.74) is 2.09. The van der Waals surface area contributed by atoms with E-state index in [1.54, 1.807) is 31.2 Å². The van der Waals surface area contributed by atoms with E-state index in [1.807, 2.05) is 0 Å². The van der Waals surface area contributed by atoms with Crippen molar-refractivity contribution in [2.75, 3.05) is 32.1 Å². The molecule has 0 N–H and O–H groups in total. The minimum absolute atomic E-state index is 0.0602. The third-order valence-electron chi connectivity index (χ3n) is 4.09. The van der Waals surface area contributed by atoms with Gasteiger partial charge in [0.1, 0.15) is 4.32 Å². The van der Waals surface area contributed by atoms with Crippen LogP contribution in [0.5, 0.6) is 0 Å². The normalized spacial score (nSPS) is 18.2. The van der Waals surface area contributed by atoms with Gasteiger partial charge in [0.25, 0.3) is 0 Å². The Morgan fingerprint density at radius 3 is 2.43 bits per heavy atom. The van der Waals surface area contributed by atoms with E-state index in [2.05, 4.69) is 4.90 Å². The van der Waals surface area contributed by atoms with Crippen LogP contribution in [-0.4, -0.2) is 52.8 Å². The maximum Gasteiger partial charge on any atom is 0.191 e. The molecule has 23 heavy (non-hydrogen) atoms. The lowest BCUT2D eigenvalue weighted by Gasteiger charge is -2.29. The van der Waals surface area contributed by atoms with E-state index in [4.69, 9.17) is 17.0 Å². The number of fused-ring (bicyclic) bond motifs is 1. The maximum atomic E-state index is 12.7. The topological polar surface area (TPSA) is 46.6 Å². The summed E-state index contributed by atoms with van der Waals surface area (Å²) in [6, 6.07) is 6.99. The van der Waals surface area contributed by atoms with Gasteiger partial charge in [-0.15, -0.1) is 0 Å². The smallest absolute Gasteiger partial charge is 0.191 e. The monoisotopic (exact) mass is 347 g/mol. The summed E-state index contributed by atoms with van der Waals surface area (Å²) >= 11 is 6.89. The highest BCUT2D eigenvalue weighted by Crippen LogP contribution is 2.28. The van der Waals surface area contributed by atoms with E-state index in [0.717, 1.165) is 17.4 Å². The molecule has 1 aromatic carbocycles. The molecular weight excluding hydrogens is 330 g/mol. The summed E-state index contributed by atoms with van der Waals surface area (Å²) in [5.74, 6) is 0.309. The van der Waals surface area contributed by atoms with Crippen molar-refractivity contribution in [3.05, 3.63) is 46.5 Å². The van der Waals surface area contributed by atoms with Crippen LogP contribution in [0.2, 0.25) is 0 Å². The Bertz CT molecular complexity index is 706. The van der Waals surface area contributed by atoms with Gasteiger partial charge in [-0.1, -0.05) is 48.2 Å². The lowest BCUT2D eigenvalue weighted by Crippen LogP contribution is -2.38. The van der Waals surface area contributed by atoms with Crippen molar-refractivity contribution in [1.29, 1.82) is 0 Å². The first-order valence-electron chi connectivity index (χ1n) is 7.47. The van der Waals surface area contributed by atoms with Crippen molar-refractivity contribution in [2.24, 2.45) is 0 Å². The van der Waals surface area contributed by atoms with Gasteiger partial charge < -0.3 is 9.64 Å². The van der Waals surface area contributed by atoms with Crippen LogP contribution in [0, 0.1) is 0 Å². The fourth-order valence-electron chi connectivity index (χ4n) is 2.70. The van der Waals surface area contributed by atoms with Crippen LogP contribution >= 0.6 is 24.0 Å². The minimum atomic E-state index is -0.0620. The van der Waals surface area contributed by atoms with Crippen LogP contribution in [0.25, 0.3) is 0 Å². The standard InChI is InChI=1S/C17H17NO3S2/c1-11-14(10-23-17(22)18-6-8-21-9-7-18)16(20)13-5-3-2-4-12(13)15(11)19/h2-5H,6-10H2,1H3. The predicted molar refractivity (Wildman–Crippen MR) is 95.3 cm³/mol.